The summed E-state index contributed by atoms with van der Waals surface area (Å²) >= 11 is 5.87. The van der Waals surface area contributed by atoms with Crippen LogP contribution in [0, 0.1) is 11.3 Å². The highest BCUT2D eigenvalue weighted by Crippen LogP contribution is 2.18. The number of halogens is 1. The fraction of sp³-hybridized carbons (Fsp3) is 0.0556. The van der Waals surface area contributed by atoms with Crippen LogP contribution in [-0.2, 0) is 11.3 Å². The van der Waals surface area contributed by atoms with Gasteiger partial charge in [-0.3, -0.25) is 9.59 Å². The summed E-state index contributed by atoms with van der Waals surface area (Å²) < 4.78 is 1.27. The van der Waals surface area contributed by atoms with Gasteiger partial charge in [0.1, 0.15) is 18.3 Å². The molecule has 1 aromatic carbocycles. The third-order valence-corrected chi connectivity index (χ3v) is 3.74. The Morgan fingerprint density at radius 2 is 1.92 bits per heavy atom. The fourth-order valence-corrected chi connectivity index (χ4v) is 2.35. The van der Waals surface area contributed by atoms with Crippen LogP contribution in [0.1, 0.15) is 5.69 Å². The van der Waals surface area contributed by atoms with Gasteiger partial charge in [0.15, 0.2) is 0 Å². The highest BCUT2D eigenvalue weighted by atomic mass is 35.5. The summed E-state index contributed by atoms with van der Waals surface area (Å²) in [6.45, 7) is -0.179. The smallest absolute Gasteiger partial charge is 0.269 e. The van der Waals surface area contributed by atoms with Crippen LogP contribution in [-0.4, -0.2) is 20.4 Å². The lowest BCUT2D eigenvalue weighted by atomic mass is 10.2. The molecular formula is C18H12ClN5O2. The first-order valence-corrected chi connectivity index (χ1v) is 7.91. The number of anilines is 1. The number of benzene rings is 1. The van der Waals surface area contributed by atoms with Crippen molar-refractivity contribution in [2.75, 3.05) is 5.32 Å². The third kappa shape index (κ3) is 4.12. The van der Waals surface area contributed by atoms with E-state index in [-0.39, 0.29) is 12.2 Å². The number of hydrogen-bond donors (Lipinski definition) is 1. The van der Waals surface area contributed by atoms with Crippen molar-refractivity contribution < 1.29 is 4.79 Å². The number of rotatable bonds is 4. The van der Waals surface area contributed by atoms with E-state index < -0.39 is 11.5 Å². The molecule has 2 heterocycles. The second-order valence-electron chi connectivity index (χ2n) is 5.34. The summed E-state index contributed by atoms with van der Waals surface area (Å²) in [6, 6.07) is 12.0. The van der Waals surface area contributed by atoms with Crippen LogP contribution in [0.2, 0.25) is 5.02 Å². The largest absolute Gasteiger partial charge is 0.323 e. The van der Waals surface area contributed by atoms with Crippen molar-refractivity contribution in [1.29, 1.82) is 5.26 Å². The van der Waals surface area contributed by atoms with E-state index in [0.29, 0.717) is 16.4 Å². The van der Waals surface area contributed by atoms with Gasteiger partial charge in [-0.2, -0.15) is 5.26 Å². The van der Waals surface area contributed by atoms with Crippen molar-refractivity contribution in [3.63, 3.8) is 0 Å². The lowest BCUT2D eigenvalue weighted by molar-refractivity contribution is -0.116. The summed E-state index contributed by atoms with van der Waals surface area (Å²) in [6.07, 6.45) is 4.06. The molecule has 3 rings (SSSR count). The Kier molecular flexibility index (Phi) is 5.06. The number of hydrogen-bond acceptors (Lipinski definition) is 5. The maximum absolute atomic E-state index is 12.2. The molecule has 0 spiro atoms. The number of carbonyl (C=O) groups is 1. The maximum atomic E-state index is 12.2. The van der Waals surface area contributed by atoms with E-state index in [0.717, 1.165) is 5.56 Å². The fourth-order valence-electron chi connectivity index (χ4n) is 2.23. The SMILES string of the molecule is N#Cc1ccc(NC(=O)Cn2cc(-c3ccc(Cl)cc3)ncc2=O)cn1. The molecule has 8 heteroatoms. The lowest BCUT2D eigenvalue weighted by Gasteiger charge is -2.09. The van der Waals surface area contributed by atoms with E-state index in [9.17, 15) is 9.59 Å². The molecule has 1 N–H and O–H groups in total. The summed E-state index contributed by atoms with van der Waals surface area (Å²) in [5, 5.41) is 11.9. The number of amides is 1. The minimum Gasteiger partial charge on any atom is -0.323 e. The molecule has 0 saturated carbocycles. The molecule has 0 saturated heterocycles. The molecule has 3 aromatic rings. The molecule has 0 fully saturated rings. The van der Waals surface area contributed by atoms with Gasteiger partial charge in [-0.1, -0.05) is 23.7 Å². The molecule has 0 aliphatic rings. The predicted molar refractivity (Wildman–Crippen MR) is 96.5 cm³/mol. The van der Waals surface area contributed by atoms with E-state index in [1.807, 2.05) is 6.07 Å². The average molecular weight is 366 g/mol. The summed E-state index contributed by atoms with van der Waals surface area (Å²) in [4.78, 5) is 32.1. The van der Waals surface area contributed by atoms with Gasteiger partial charge in [-0.15, -0.1) is 0 Å². The van der Waals surface area contributed by atoms with E-state index in [4.69, 9.17) is 16.9 Å². The van der Waals surface area contributed by atoms with Gasteiger partial charge in [0, 0.05) is 16.8 Å². The number of carbonyl (C=O) groups excluding carboxylic acids is 1. The number of aromatic nitrogens is 3. The van der Waals surface area contributed by atoms with Crippen molar-refractivity contribution in [2.45, 2.75) is 6.54 Å². The highest BCUT2D eigenvalue weighted by molar-refractivity contribution is 6.30. The van der Waals surface area contributed by atoms with Crippen LogP contribution in [0.25, 0.3) is 11.3 Å². The number of nitrogens with zero attached hydrogens (tertiary/aromatic N) is 4. The molecule has 0 aliphatic carbocycles. The summed E-state index contributed by atoms with van der Waals surface area (Å²) in [7, 11) is 0. The summed E-state index contributed by atoms with van der Waals surface area (Å²) in [5.74, 6) is -0.396. The molecule has 0 aliphatic heterocycles. The first kappa shape index (κ1) is 17.3. The Labute approximate surface area is 153 Å². The lowest BCUT2D eigenvalue weighted by Crippen LogP contribution is -2.27. The maximum Gasteiger partial charge on any atom is 0.269 e. The average Bonchev–Trinajstić information content (AvgIpc) is 2.65. The van der Waals surface area contributed by atoms with E-state index in [1.165, 1.54) is 29.2 Å². The highest BCUT2D eigenvalue weighted by Gasteiger charge is 2.08. The normalized spacial score (nSPS) is 10.2. The van der Waals surface area contributed by atoms with E-state index >= 15 is 0 Å². The van der Waals surface area contributed by atoms with Crippen LogP contribution < -0.4 is 10.9 Å². The van der Waals surface area contributed by atoms with Gasteiger partial charge in [-0.05, 0) is 24.3 Å². The molecule has 1 amide bonds. The molecule has 128 valence electrons. The zero-order chi connectivity index (χ0) is 18.5. The van der Waals surface area contributed by atoms with Crippen LogP contribution in [0.5, 0.6) is 0 Å². The van der Waals surface area contributed by atoms with Gasteiger partial charge in [0.05, 0.1) is 23.8 Å². The zero-order valence-corrected chi connectivity index (χ0v) is 14.1. The number of pyridine rings is 1. The second kappa shape index (κ2) is 7.59. The number of nitriles is 1. The van der Waals surface area contributed by atoms with Crippen LogP contribution >= 0.6 is 11.6 Å². The topological polar surface area (TPSA) is 101 Å². The van der Waals surface area contributed by atoms with Crippen LogP contribution in [0.15, 0.2) is 59.8 Å². The third-order valence-electron chi connectivity index (χ3n) is 3.49. The van der Waals surface area contributed by atoms with Gasteiger partial charge >= 0.3 is 0 Å². The first-order chi connectivity index (χ1) is 12.5. The molecule has 2 aromatic heterocycles. The van der Waals surface area contributed by atoms with Gasteiger partial charge < -0.3 is 9.88 Å². The molecule has 0 unspecified atom stereocenters. The van der Waals surface area contributed by atoms with Crippen molar-refractivity contribution in [3.8, 4) is 17.3 Å². The quantitative estimate of drug-likeness (QED) is 0.765. The van der Waals surface area contributed by atoms with Gasteiger partial charge in [0.2, 0.25) is 5.91 Å². The monoisotopic (exact) mass is 365 g/mol. The van der Waals surface area contributed by atoms with Crippen molar-refractivity contribution in [2.24, 2.45) is 0 Å². The van der Waals surface area contributed by atoms with Gasteiger partial charge in [-0.25, -0.2) is 9.97 Å². The van der Waals surface area contributed by atoms with E-state index in [1.54, 1.807) is 30.3 Å². The van der Waals surface area contributed by atoms with Crippen molar-refractivity contribution in [1.82, 2.24) is 14.5 Å². The van der Waals surface area contributed by atoms with Crippen LogP contribution in [0.4, 0.5) is 5.69 Å². The van der Waals surface area contributed by atoms with Gasteiger partial charge in [0.25, 0.3) is 5.56 Å². The van der Waals surface area contributed by atoms with Crippen LogP contribution in [0.3, 0.4) is 0 Å². The molecule has 26 heavy (non-hydrogen) atoms. The predicted octanol–water partition coefficient (Wildman–Crippen LogP) is 2.47. The van der Waals surface area contributed by atoms with Crippen molar-refractivity contribution in [3.05, 3.63) is 76.1 Å². The standard InChI is InChI=1S/C18H12ClN5O2/c19-13-3-1-12(2-4-13)16-10-24(18(26)9-22-16)11-17(25)23-15-6-5-14(7-20)21-8-15/h1-6,8-10H,11H2,(H,23,25). The zero-order valence-electron chi connectivity index (χ0n) is 13.4. The molecule has 0 radical (unpaired) electrons. The first-order valence-electron chi connectivity index (χ1n) is 7.53. The Balaban J connectivity index is 1.77. The minimum absolute atomic E-state index is 0.179. The van der Waals surface area contributed by atoms with E-state index in [2.05, 4.69) is 15.3 Å². The molecule has 7 nitrogen and oxygen atoms in total. The minimum atomic E-state index is -0.396. The Morgan fingerprint density at radius 3 is 2.58 bits per heavy atom. The molecule has 0 atom stereocenters. The molecular weight excluding hydrogens is 354 g/mol. The molecule has 0 bridgehead atoms. The Morgan fingerprint density at radius 1 is 1.15 bits per heavy atom. The number of nitrogens with one attached hydrogen (secondary N) is 1. The Bertz CT molecular complexity index is 1040. The Hall–Kier alpha value is -3.50. The van der Waals surface area contributed by atoms with Crippen molar-refractivity contribution >= 4 is 23.2 Å². The summed E-state index contributed by atoms with van der Waals surface area (Å²) in [5.41, 5.74) is 1.62. The second-order valence-corrected chi connectivity index (χ2v) is 5.77.